The largest absolute Gasteiger partial charge is 0.497 e. The van der Waals surface area contributed by atoms with E-state index in [1.165, 1.54) is 88.9 Å². The number of carbonyl (C=O) groups is 2. The van der Waals surface area contributed by atoms with Crippen LogP contribution in [-0.2, 0) is 41.1 Å². The Labute approximate surface area is 337 Å². The van der Waals surface area contributed by atoms with Gasteiger partial charge in [0.15, 0.2) is 29.9 Å². The van der Waals surface area contributed by atoms with Crippen molar-refractivity contribution in [2.24, 2.45) is 0 Å². The van der Waals surface area contributed by atoms with Gasteiger partial charge in [-0.1, -0.05) is 58.0 Å². The lowest BCUT2D eigenvalue weighted by Crippen LogP contribution is -2.44. The summed E-state index contributed by atoms with van der Waals surface area (Å²) >= 11 is 2.63. The second-order valence-corrected chi connectivity index (χ2v) is 21.5. The van der Waals surface area contributed by atoms with Crippen LogP contribution in [0.15, 0.2) is 94.0 Å². The van der Waals surface area contributed by atoms with Crippen LogP contribution in [0, 0.1) is 0 Å². The van der Waals surface area contributed by atoms with Crippen molar-refractivity contribution < 1.29 is 35.9 Å². The lowest BCUT2D eigenvalue weighted by atomic mass is 9.93. The number of aromatic nitrogens is 2. The van der Waals surface area contributed by atoms with Crippen LogP contribution in [-0.4, -0.2) is 62.3 Å². The Morgan fingerprint density at radius 1 is 0.661 bits per heavy atom. The first-order valence-corrected chi connectivity index (χ1v) is 22.2. The van der Waals surface area contributed by atoms with Crippen LogP contribution in [0.4, 0.5) is 10.3 Å². The Morgan fingerprint density at radius 2 is 1.11 bits per heavy atom. The van der Waals surface area contributed by atoms with Crippen LogP contribution >= 0.6 is 22.7 Å². The van der Waals surface area contributed by atoms with E-state index in [2.05, 4.69) is 20.6 Å². The highest BCUT2D eigenvalue weighted by Crippen LogP contribution is 2.34. The van der Waals surface area contributed by atoms with Crippen LogP contribution < -0.4 is 20.1 Å². The Balaban J connectivity index is 0.000000251. The molecular weight excluding hydrogens is 793 g/mol. The second kappa shape index (κ2) is 17.2. The van der Waals surface area contributed by atoms with Crippen molar-refractivity contribution in [2.75, 3.05) is 24.9 Å². The standard InChI is InChI=1S/C22H24N2O4S2.C18H24N2O4S2/c1-5-18-19(15-9-7-6-8-10-15)23-21(29-18)24-20(25)22(2,3)30(26,27)17-13-11-16(28-4)12-14-17;1-17(2,3)14-11-25-16(19-14)20-15(21)18(4,5)26(22,23)13-9-7-12(24-6)8-10-13/h6-14H,5H2,1-4H3,(H,23,24,25);7-11H,1-6H3,(H,19,20,21). The molecule has 300 valence electrons. The van der Waals surface area contributed by atoms with E-state index < -0.39 is 41.0 Å². The molecule has 0 aliphatic heterocycles. The van der Waals surface area contributed by atoms with Gasteiger partial charge in [0.05, 0.1) is 35.4 Å². The number of aryl methyl sites for hydroxylation is 1. The Morgan fingerprint density at radius 3 is 1.50 bits per heavy atom. The minimum Gasteiger partial charge on any atom is -0.497 e. The van der Waals surface area contributed by atoms with Crippen molar-refractivity contribution in [2.45, 2.75) is 86.5 Å². The van der Waals surface area contributed by atoms with Gasteiger partial charge < -0.3 is 20.1 Å². The van der Waals surface area contributed by atoms with Gasteiger partial charge in [-0.3, -0.25) is 9.59 Å². The maximum Gasteiger partial charge on any atom is 0.247 e. The lowest BCUT2D eigenvalue weighted by molar-refractivity contribution is -0.118. The summed E-state index contributed by atoms with van der Waals surface area (Å²) in [5.74, 6) is -0.166. The molecule has 0 unspecified atom stereocenters. The smallest absolute Gasteiger partial charge is 0.247 e. The van der Waals surface area contributed by atoms with Crippen LogP contribution in [0.2, 0.25) is 0 Å². The molecule has 0 fully saturated rings. The zero-order valence-electron chi connectivity index (χ0n) is 33.1. The molecule has 0 aliphatic carbocycles. The first-order chi connectivity index (χ1) is 26.1. The fourth-order valence-corrected chi connectivity index (χ4v) is 9.59. The van der Waals surface area contributed by atoms with Gasteiger partial charge in [0.25, 0.3) is 0 Å². The fraction of sp³-hybridized carbons (Fsp3) is 0.350. The summed E-state index contributed by atoms with van der Waals surface area (Å²) < 4.78 is 58.9. The summed E-state index contributed by atoms with van der Waals surface area (Å²) in [5, 5.41) is 7.98. The first kappa shape index (κ1) is 44.1. The molecule has 0 bridgehead atoms. The monoisotopic (exact) mass is 840 g/mol. The number of benzene rings is 3. The molecular formula is C40H48N4O8S4. The molecule has 0 atom stereocenters. The molecule has 0 saturated carbocycles. The van der Waals surface area contributed by atoms with Gasteiger partial charge in [-0.15, -0.1) is 22.7 Å². The molecule has 2 aromatic heterocycles. The van der Waals surface area contributed by atoms with Gasteiger partial charge in [0.2, 0.25) is 11.8 Å². The number of amides is 2. The molecule has 0 radical (unpaired) electrons. The van der Waals surface area contributed by atoms with Crippen molar-refractivity contribution in [3.8, 4) is 22.8 Å². The molecule has 16 heteroatoms. The van der Waals surface area contributed by atoms with E-state index in [1.54, 1.807) is 24.3 Å². The van der Waals surface area contributed by atoms with E-state index in [0.29, 0.717) is 21.8 Å². The molecule has 0 aliphatic rings. The zero-order chi connectivity index (χ0) is 41.7. The quantitative estimate of drug-likeness (QED) is 0.125. The number of sulfone groups is 2. The average Bonchev–Trinajstić information content (AvgIpc) is 3.82. The molecule has 12 nitrogen and oxygen atoms in total. The number of hydrogen-bond acceptors (Lipinski definition) is 12. The summed E-state index contributed by atoms with van der Waals surface area (Å²) in [5.41, 5.74) is 2.45. The molecule has 2 N–H and O–H groups in total. The molecule has 56 heavy (non-hydrogen) atoms. The highest BCUT2D eigenvalue weighted by atomic mass is 32.2. The summed E-state index contributed by atoms with van der Waals surface area (Å²) in [7, 11) is -4.83. The average molecular weight is 841 g/mol. The lowest BCUT2D eigenvalue weighted by Gasteiger charge is -2.23. The maximum atomic E-state index is 13.1. The number of nitrogens with one attached hydrogen (secondary N) is 2. The number of rotatable bonds is 12. The number of carbonyl (C=O) groups excluding carboxylic acids is 2. The molecule has 2 amide bonds. The number of thiazole rings is 2. The number of hydrogen-bond donors (Lipinski definition) is 2. The van der Waals surface area contributed by atoms with E-state index in [9.17, 15) is 26.4 Å². The van der Waals surface area contributed by atoms with E-state index in [1.807, 2.05) is 63.4 Å². The van der Waals surface area contributed by atoms with Gasteiger partial charge in [-0.25, -0.2) is 26.8 Å². The predicted octanol–water partition coefficient (Wildman–Crippen LogP) is 8.21. The molecule has 3 aromatic carbocycles. The minimum atomic E-state index is -3.93. The van der Waals surface area contributed by atoms with Crippen LogP contribution in [0.3, 0.4) is 0 Å². The van der Waals surface area contributed by atoms with E-state index >= 15 is 0 Å². The van der Waals surface area contributed by atoms with Crippen LogP contribution in [0.5, 0.6) is 11.5 Å². The topological polar surface area (TPSA) is 171 Å². The summed E-state index contributed by atoms with van der Waals surface area (Å²) in [4.78, 5) is 35.7. The maximum absolute atomic E-state index is 13.1. The highest BCUT2D eigenvalue weighted by molar-refractivity contribution is 7.94. The zero-order valence-corrected chi connectivity index (χ0v) is 36.3. The van der Waals surface area contributed by atoms with Crippen molar-refractivity contribution in [3.05, 3.63) is 94.8 Å². The Bertz CT molecular complexity index is 2360. The summed E-state index contributed by atoms with van der Waals surface area (Å²) in [6, 6.07) is 21.7. The van der Waals surface area contributed by atoms with E-state index in [-0.39, 0.29) is 15.2 Å². The third kappa shape index (κ3) is 9.48. The first-order valence-electron chi connectivity index (χ1n) is 17.5. The number of nitrogens with zero attached hydrogens (tertiary/aromatic N) is 2. The normalized spacial score (nSPS) is 12.2. The van der Waals surface area contributed by atoms with E-state index in [0.717, 1.165) is 28.2 Å². The Hall–Kier alpha value is -4.64. The van der Waals surface area contributed by atoms with Crippen molar-refractivity contribution in [1.82, 2.24) is 9.97 Å². The van der Waals surface area contributed by atoms with Gasteiger partial charge in [-0.05, 0) is 82.6 Å². The molecule has 5 rings (SSSR count). The summed E-state index contributed by atoms with van der Waals surface area (Å²) in [6.45, 7) is 13.6. The van der Waals surface area contributed by atoms with Crippen molar-refractivity contribution in [1.29, 1.82) is 0 Å². The van der Waals surface area contributed by atoms with Crippen molar-refractivity contribution in [3.63, 3.8) is 0 Å². The van der Waals surface area contributed by atoms with Crippen LogP contribution in [0.25, 0.3) is 11.3 Å². The number of ether oxygens (including phenoxy) is 2. The third-order valence-corrected chi connectivity index (χ3v) is 15.7. The van der Waals surface area contributed by atoms with Gasteiger partial charge >= 0.3 is 0 Å². The SMILES string of the molecule is CCc1sc(NC(=O)C(C)(C)S(=O)(=O)c2ccc(OC)cc2)nc1-c1ccccc1.COc1ccc(S(=O)(=O)C(C)(C)C(=O)Nc2nc(C(C)(C)C)cs2)cc1. The van der Waals surface area contributed by atoms with Gasteiger partial charge in [0, 0.05) is 21.2 Å². The third-order valence-electron chi connectivity index (χ3n) is 8.96. The number of methoxy groups -OCH3 is 2. The fourth-order valence-electron chi connectivity index (χ4n) is 4.98. The van der Waals surface area contributed by atoms with Crippen molar-refractivity contribution >= 4 is 64.4 Å². The Kier molecular flexibility index (Phi) is 13.6. The molecule has 2 heterocycles. The number of anilines is 2. The molecule has 0 spiro atoms. The second-order valence-electron chi connectivity index (χ2n) is 14.6. The predicted molar refractivity (Wildman–Crippen MR) is 224 cm³/mol. The van der Waals surface area contributed by atoms with Gasteiger partial charge in [-0.2, -0.15) is 0 Å². The summed E-state index contributed by atoms with van der Waals surface area (Å²) in [6.07, 6.45) is 0.755. The minimum absolute atomic E-state index is 0.0572. The van der Waals surface area contributed by atoms with E-state index in [4.69, 9.17) is 9.47 Å². The van der Waals surface area contributed by atoms with Gasteiger partial charge in [0.1, 0.15) is 21.0 Å². The highest BCUT2D eigenvalue weighted by Gasteiger charge is 2.44. The van der Waals surface area contributed by atoms with Crippen LogP contribution in [0.1, 0.15) is 66.0 Å². The molecule has 0 saturated heterocycles. The molecule has 5 aromatic rings.